The summed E-state index contributed by atoms with van der Waals surface area (Å²) >= 11 is 0. The van der Waals surface area contributed by atoms with Gasteiger partial charge in [-0.05, 0) is 6.92 Å². The van der Waals surface area contributed by atoms with Crippen molar-refractivity contribution in [2.45, 2.75) is 13.0 Å². The molecule has 1 unspecified atom stereocenters. The van der Waals surface area contributed by atoms with E-state index in [2.05, 4.69) is 11.9 Å². The Morgan fingerprint density at radius 3 is 2.67 bits per heavy atom. The standard InChI is InChI=1S/C6H14N2.ClH/c1-3-4-8-6(2)5-7;/h3,6,8H,1,4-5,7H2,2H3;1H. The zero-order valence-corrected chi connectivity index (χ0v) is 6.58. The van der Waals surface area contributed by atoms with Crippen molar-refractivity contribution in [3.63, 3.8) is 0 Å². The summed E-state index contributed by atoms with van der Waals surface area (Å²) in [4.78, 5) is 0. The third-order valence-electron chi connectivity index (χ3n) is 0.964. The molecule has 0 spiro atoms. The predicted molar refractivity (Wildman–Crippen MR) is 44.0 cm³/mol. The summed E-state index contributed by atoms with van der Waals surface area (Å²) in [6, 6.07) is 0.410. The van der Waals surface area contributed by atoms with Gasteiger partial charge in [-0.2, -0.15) is 0 Å². The first-order valence-electron chi connectivity index (χ1n) is 2.85. The van der Waals surface area contributed by atoms with Crippen molar-refractivity contribution in [1.29, 1.82) is 0 Å². The maximum absolute atomic E-state index is 5.32. The molecule has 0 fully saturated rings. The van der Waals surface area contributed by atoms with Crippen LogP contribution >= 0.6 is 12.4 Å². The van der Waals surface area contributed by atoms with Gasteiger partial charge in [0.25, 0.3) is 0 Å². The average molecular weight is 151 g/mol. The van der Waals surface area contributed by atoms with Gasteiger partial charge in [0.1, 0.15) is 0 Å². The van der Waals surface area contributed by atoms with E-state index in [1.165, 1.54) is 0 Å². The molecule has 2 nitrogen and oxygen atoms in total. The molecule has 9 heavy (non-hydrogen) atoms. The van der Waals surface area contributed by atoms with E-state index in [0.717, 1.165) is 6.54 Å². The smallest absolute Gasteiger partial charge is 0.0164 e. The van der Waals surface area contributed by atoms with Crippen molar-refractivity contribution in [3.05, 3.63) is 12.7 Å². The summed E-state index contributed by atoms with van der Waals surface area (Å²) in [7, 11) is 0. The van der Waals surface area contributed by atoms with Crippen LogP contribution in [0, 0.1) is 0 Å². The molecule has 0 heterocycles. The van der Waals surface area contributed by atoms with Crippen LogP contribution in [-0.2, 0) is 0 Å². The van der Waals surface area contributed by atoms with Crippen molar-refractivity contribution in [2.75, 3.05) is 13.1 Å². The Morgan fingerprint density at radius 1 is 1.78 bits per heavy atom. The summed E-state index contributed by atoms with van der Waals surface area (Å²) in [6.07, 6.45) is 1.83. The molecule has 0 aliphatic heterocycles. The lowest BCUT2D eigenvalue weighted by Crippen LogP contribution is -2.32. The number of nitrogens with two attached hydrogens (primary N) is 1. The number of nitrogens with one attached hydrogen (secondary N) is 1. The van der Waals surface area contributed by atoms with E-state index in [-0.39, 0.29) is 12.4 Å². The first-order chi connectivity index (χ1) is 3.81. The molecule has 0 rings (SSSR count). The Labute approximate surface area is 62.9 Å². The van der Waals surface area contributed by atoms with Gasteiger partial charge >= 0.3 is 0 Å². The monoisotopic (exact) mass is 150 g/mol. The van der Waals surface area contributed by atoms with Gasteiger partial charge in [0.15, 0.2) is 0 Å². The molecular weight excluding hydrogens is 136 g/mol. The molecule has 0 aliphatic carbocycles. The zero-order valence-electron chi connectivity index (χ0n) is 5.76. The lowest BCUT2D eigenvalue weighted by molar-refractivity contribution is 0.593. The maximum atomic E-state index is 5.32. The Hall–Kier alpha value is -0.0500. The second-order valence-electron chi connectivity index (χ2n) is 1.83. The highest BCUT2D eigenvalue weighted by atomic mass is 35.5. The van der Waals surface area contributed by atoms with Gasteiger partial charge in [0.2, 0.25) is 0 Å². The number of halogens is 1. The van der Waals surface area contributed by atoms with Gasteiger partial charge in [-0.15, -0.1) is 19.0 Å². The molecule has 0 aromatic rings. The van der Waals surface area contributed by atoms with Gasteiger partial charge < -0.3 is 11.1 Å². The van der Waals surface area contributed by atoms with Crippen LogP contribution in [0.1, 0.15) is 6.92 Å². The highest BCUT2D eigenvalue weighted by Crippen LogP contribution is 1.72. The van der Waals surface area contributed by atoms with Crippen molar-refractivity contribution in [3.8, 4) is 0 Å². The Balaban J connectivity index is 0. The SMILES string of the molecule is C=CCNC(C)CN.Cl. The highest BCUT2D eigenvalue weighted by Gasteiger charge is 1.91. The number of rotatable bonds is 4. The van der Waals surface area contributed by atoms with E-state index in [9.17, 15) is 0 Å². The fourth-order valence-electron chi connectivity index (χ4n) is 0.368. The van der Waals surface area contributed by atoms with Crippen LogP contribution < -0.4 is 11.1 Å². The van der Waals surface area contributed by atoms with Crippen LogP contribution in [0.2, 0.25) is 0 Å². The van der Waals surface area contributed by atoms with E-state index in [1.807, 2.05) is 13.0 Å². The van der Waals surface area contributed by atoms with Crippen LogP contribution in [-0.4, -0.2) is 19.1 Å². The molecule has 0 saturated heterocycles. The molecule has 0 aromatic carbocycles. The lowest BCUT2D eigenvalue weighted by atomic mass is 10.3. The van der Waals surface area contributed by atoms with Crippen LogP contribution in [0.3, 0.4) is 0 Å². The molecule has 56 valence electrons. The van der Waals surface area contributed by atoms with Crippen LogP contribution in [0.4, 0.5) is 0 Å². The molecule has 0 aliphatic rings. The summed E-state index contributed by atoms with van der Waals surface area (Å²) in [5.74, 6) is 0. The number of hydrogen-bond donors (Lipinski definition) is 2. The first kappa shape index (κ1) is 11.7. The Bertz CT molecular complexity index is 66.1. The minimum Gasteiger partial charge on any atom is -0.329 e. The van der Waals surface area contributed by atoms with Gasteiger partial charge in [0.05, 0.1) is 0 Å². The lowest BCUT2D eigenvalue weighted by Gasteiger charge is -2.06. The molecule has 0 amide bonds. The molecule has 1 atom stereocenters. The molecule has 3 heteroatoms. The maximum Gasteiger partial charge on any atom is 0.0164 e. The van der Waals surface area contributed by atoms with Crippen LogP contribution in [0.15, 0.2) is 12.7 Å². The predicted octanol–water partition coefficient (Wildman–Crippen LogP) is 0.531. The van der Waals surface area contributed by atoms with E-state index in [4.69, 9.17) is 5.73 Å². The number of hydrogen-bond acceptors (Lipinski definition) is 2. The summed E-state index contributed by atoms with van der Waals surface area (Å²) in [6.45, 7) is 7.14. The molecule has 3 N–H and O–H groups in total. The van der Waals surface area contributed by atoms with Crippen LogP contribution in [0.5, 0.6) is 0 Å². The van der Waals surface area contributed by atoms with Gasteiger partial charge in [0, 0.05) is 19.1 Å². The minimum absolute atomic E-state index is 0. The molecule has 0 radical (unpaired) electrons. The van der Waals surface area contributed by atoms with Gasteiger partial charge in [-0.25, -0.2) is 0 Å². The molecule has 0 bridgehead atoms. The molecule has 0 saturated carbocycles. The van der Waals surface area contributed by atoms with E-state index in [1.54, 1.807) is 0 Å². The third-order valence-corrected chi connectivity index (χ3v) is 0.964. The average Bonchev–Trinajstić information content (AvgIpc) is 1.83. The van der Waals surface area contributed by atoms with Crippen molar-refractivity contribution < 1.29 is 0 Å². The highest BCUT2D eigenvalue weighted by molar-refractivity contribution is 5.85. The Kier molecular flexibility index (Phi) is 10.3. The van der Waals surface area contributed by atoms with Crippen LogP contribution in [0.25, 0.3) is 0 Å². The first-order valence-corrected chi connectivity index (χ1v) is 2.85. The molecular formula is C6H15ClN2. The normalized spacial score (nSPS) is 11.8. The van der Waals surface area contributed by atoms with E-state index >= 15 is 0 Å². The second kappa shape index (κ2) is 7.95. The summed E-state index contributed by atoms with van der Waals surface area (Å²) < 4.78 is 0. The van der Waals surface area contributed by atoms with Gasteiger partial charge in [-0.1, -0.05) is 6.08 Å². The molecule has 0 aromatic heterocycles. The van der Waals surface area contributed by atoms with Crippen molar-refractivity contribution in [2.24, 2.45) is 5.73 Å². The minimum atomic E-state index is 0. The fraction of sp³-hybridized carbons (Fsp3) is 0.667. The third kappa shape index (κ3) is 7.95. The topological polar surface area (TPSA) is 38.0 Å². The van der Waals surface area contributed by atoms with Crippen molar-refractivity contribution >= 4 is 12.4 Å². The van der Waals surface area contributed by atoms with E-state index < -0.39 is 0 Å². The Morgan fingerprint density at radius 2 is 2.33 bits per heavy atom. The fourth-order valence-corrected chi connectivity index (χ4v) is 0.368. The second-order valence-corrected chi connectivity index (χ2v) is 1.83. The van der Waals surface area contributed by atoms with Crippen molar-refractivity contribution in [1.82, 2.24) is 5.32 Å². The van der Waals surface area contributed by atoms with E-state index in [0.29, 0.717) is 12.6 Å². The quantitative estimate of drug-likeness (QED) is 0.574. The summed E-state index contributed by atoms with van der Waals surface area (Å²) in [5.41, 5.74) is 5.32. The largest absolute Gasteiger partial charge is 0.329 e. The van der Waals surface area contributed by atoms with Gasteiger partial charge in [-0.3, -0.25) is 0 Å². The zero-order chi connectivity index (χ0) is 6.41. The summed E-state index contributed by atoms with van der Waals surface area (Å²) in [5, 5.41) is 3.14.